The molecule has 1 atom stereocenters. The van der Waals surface area contributed by atoms with Crippen molar-refractivity contribution in [3.8, 4) is 23.0 Å². The van der Waals surface area contributed by atoms with E-state index in [0.29, 0.717) is 12.0 Å². The van der Waals surface area contributed by atoms with E-state index in [9.17, 15) is 20.1 Å². The van der Waals surface area contributed by atoms with Crippen molar-refractivity contribution in [2.24, 2.45) is 5.92 Å². The van der Waals surface area contributed by atoms with Crippen LogP contribution in [-0.4, -0.2) is 27.7 Å². The summed E-state index contributed by atoms with van der Waals surface area (Å²) in [6.45, 7) is 1.83. The van der Waals surface area contributed by atoms with E-state index in [0.717, 1.165) is 5.56 Å². The van der Waals surface area contributed by atoms with Crippen molar-refractivity contribution >= 4 is 5.78 Å². The zero-order valence-corrected chi connectivity index (χ0v) is 12.0. The van der Waals surface area contributed by atoms with Crippen LogP contribution >= 0.6 is 0 Å². The van der Waals surface area contributed by atoms with Crippen LogP contribution in [-0.2, 0) is 6.42 Å². The van der Waals surface area contributed by atoms with E-state index in [1.807, 2.05) is 0 Å². The second kappa shape index (κ2) is 5.26. The van der Waals surface area contributed by atoms with Crippen LogP contribution in [0.15, 0.2) is 30.3 Å². The maximum atomic E-state index is 12.6. The number of aromatic hydroxyl groups is 3. The number of carbonyl (C=O) groups is 1. The second-order valence-corrected chi connectivity index (χ2v) is 5.49. The zero-order valence-electron chi connectivity index (χ0n) is 12.0. The molecule has 1 aliphatic rings. The fourth-order valence-corrected chi connectivity index (χ4v) is 2.68. The Kier molecular flexibility index (Phi) is 3.41. The average Bonchev–Trinajstić information content (AvgIpc) is 2.49. The molecule has 2 aromatic carbocycles. The molecule has 0 spiro atoms. The lowest BCUT2D eigenvalue weighted by Gasteiger charge is -2.26. The van der Waals surface area contributed by atoms with Crippen LogP contribution in [0.4, 0.5) is 0 Å². The van der Waals surface area contributed by atoms with Gasteiger partial charge < -0.3 is 20.1 Å². The number of fused-ring (bicyclic) bond motifs is 1. The van der Waals surface area contributed by atoms with Crippen molar-refractivity contribution in [2.45, 2.75) is 13.3 Å². The molecule has 0 aliphatic carbocycles. The molecule has 5 nitrogen and oxygen atoms in total. The first kappa shape index (κ1) is 14.3. The molecule has 0 saturated carbocycles. The molecule has 0 aromatic heterocycles. The number of carbonyl (C=O) groups excluding carboxylic acids is 1. The first-order valence-electron chi connectivity index (χ1n) is 6.98. The third kappa shape index (κ3) is 2.35. The molecule has 5 heteroatoms. The van der Waals surface area contributed by atoms with Gasteiger partial charge in [-0.05, 0) is 31.0 Å². The number of phenols is 3. The van der Waals surface area contributed by atoms with Gasteiger partial charge in [0, 0.05) is 11.6 Å². The first-order chi connectivity index (χ1) is 10.5. The quantitative estimate of drug-likeness (QED) is 0.793. The largest absolute Gasteiger partial charge is 0.508 e. The Balaban J connectivity index is 1.91. The number of hydrogen-bond donors (Lipinski definition) is 3. The molecule has 22 heavy (non-hydrogen) atoms. The van der Waals surface area contributed by atoms with Crippen LogP contribution in [0, 0.1) is 12.8 Å². The number of ether oxygens (including phenoxy) is 1. The summed E-state index contributed by atoms with van der Waals surface area (Å²) in [5.74, 6) is -0.546. The number of hydrogen-bond acceptors (Lipinski definition) is 5. The van der Waals surface area contributed by atoms with Gasteiger partial charge in [-0.15, -0.1) is 0 Å². The van der Waals surface area contributed by atoms with E-state index in [2.05, 4.69) is 0 Å². The fraction of sp³-hybridized carbons (Fsp3) is 0.235. The van der Waals surface area contributed by atoms with Crippen molar-refractivity contribution in [3.05, 3.63) is 47.0 Å². The van der Waals surface area contributed by atoms with Crippen LogP contribution in [0.5, 0.6) is 23.0 Å². The maximum Gasteiger partial charge on any atom is 0.177 e. The number of Topliss-reactive ketones (excluding diaryl/α,β-unsaturated/α-hetero) is 1. The van der Waals surface area contributed by atoms with Gasteiger partial charge >= 0.3 is 0 Å². The van der Waals surface area contributed by atoms with Gasteiger partial charge in [-0.25, -0.2) is 0 Å². The molecule has 1 unspecified atom stereocenters. The molecular formula is C17H16O5. The number of rotatable bonds is 2. The summed E-state index contributed by atoms with van der Waals surface area (Å²) in [6.07, 6.45) is 0.456. The highest BCUT2D eigenvalue weighted by molar-refractivity contribution is 6.04. The maximum absolute atomic E-state index is 12.6. The molecule has 0 fully saturated rings. The summed E-state index contributed by atoms with van der Waals surface area (Å²) in [6, 6.07) is 7.80. The molecule has 3 N–H and O–H groups in total. The highest BCUT2D eigenvalue weighted by atomic mass is 16.5. The van der Waals surface area contributed by atoms with Crippen LogP contribution < -0.4 is 4.74 Å². The van der Waals surface area contributed by atoms with Crippen LogP contribution in [0.1, 0.15) is 21.5 Å². The molecule has 0 radical (unpaired) electrons. The minimum atomic E-state index is -0.410. The summed E-state index contributed by atoms with van der Waals surface area (Å²) in [4.78, 5) is 12.6. The van der Waals surface area contributed by atoms with Gasteiger partial charge in [-0.1, -0.05) is 12.1 Å². The third-order valence-corrected chi connectivity index (χ3v) is 3.95. The van der Waals surface area contributed by atoms with Crippen LogP contribution in [0.3, 0.4) is 0 Å². The lowest BCUT2D eigenvalue weighted by Crippen LogP contribution is -2.30. The topological polar surface area (TPSA) is 87.0 Å². The Labute approximate surface area is 127 Å². The van der Waals surface area contributed by atoms with Crippen molar-refractivity contribution in [1.29, 1.82) is 0 Å². The summed E-state index contributed by atoms with van der Waals surface area (Å²) in [5, 5.41) is 28.9. The zero-order chi connectivity index (χ0) is 15.9. The molecule has 0 bridgehead atoms. The Morgan fingerprint density at radius 1 is 1.14 bits per heavy atom. The van der Waals surface area contributed by atoms with E-state index in [4.69, 9.17) is 4.74 Å². The SMILES string of the molecule is Cc1c(O)cc(O)c2c1OCC(Cc1ccc(O)cc1)C2=O. The molecule has 0 amide bonds. The molecule has 1 aliphatic heterocycles. The predicted octanol–water partition coefficient (Wildman–Crippen LogP) is 2.55. The van der Waals surface area contributed by atoms with Crippen LogP contribution in [0.2, 0.25) is 0 Å². The lowest BCUT2D eigenvalue weighted by molar-refractivity contribution is 0.0824. The van der Waals surface area contributed by atoms with Gasteiger partial charge in [0.2, 0.25) is 0 Å². The van der Waals surface area contributed by atoms with Gasteiger partial charge in [-0.3, -0.25) is 4.79 Å². The van der Waals surface area contributed by atoms with Crippen molar-refractivity contribution in [2.75, 3.05) is 6.61 Å². The minimum absolute atomic E-state index is 0.0963. The molecule has 0 saturated heterocycles. The summed E-state index contributed by atoms with van der Waals surface area (Å²) in [7, 11) is 0. The highest BCUT2D eigenvalue weighted by Crippen LogP contribution is 2.41. The van der Waals surface area contributed by atoms with E-state index < -0.39 is 5.92 Å². The normalized spacial score (nSPS) is 17.0. The molecule has 3 rings (SSSR count). The standard InChI is InChI=1S/C17H16O5/c1-9-13(19)7-14(20)15-16(21)11(8-22-17(9)15)6-10-2-4-12(18)5-3-10/h2-5,7,11,18-20H,6,8H2,1H3. The molecule has 114 valence electrons. The second-order valence-electron chi connectivity index (χ2n) is 5.49. The Morgan fingerprint density at radius 3 is 2.50 bits per heavy atom. The first-order valence-corrected chi connectivity index (χ1v) is 6.98. The predicted molar refractivity (Wildman–Crippen MR) is 79.6 cm³/mol. The minimum Gasteiger partial charge on any atom is -0.508 e. The van der Waals surface area contributed by atoms with E-state index >= 15 is 0 Å². The molecule has 1 heterocycles. The van der Waals surface area contributed by atoms with Gasteiger partial charge in [0.25, 0.3) is 0 Å². The molecule has 2 aromatic rings. The highest BCUT2D eigenvalue weighted by Gasteiger charge is 2.33. The Hall–Kier alpha value is -2.69. The van der Waals surface area contributed by atoms with Crippen molar-refractivity contribution < 1.29 is 24.9 Å². The number of ketones is 1. The van der Waals surface area contributed by atoms with E-state index in [1.165, 1.54) is 6.07 Å². The third-order valence-electron chi connectivity index (χ3n) is 3.95. The average molecular weight is 300 g/mol. The Bertz CT molecular complexity index is 734. The summed E-state index contributed by atoms with van der Waals surface area (Å²) in [5.41, 5.74) is 1.48. The number of benzene rings is 2. The van der Waals surface area contributed by atoms with Crippen LogP contribution in [0.25, 0.3) is 0 Å². The Morgan fingerprint density at radius 2 is 1.82 bits per heavy atom. The van der Waals surface area contributed by atoms with Gasteiger partial charge in [0.05, 0.1) is 12.5 Å². The lowest BCUT2D eigenvalue weighted by atomic mass is 9.88. The van der Waals surface area contributed by atoms with Crippen molar-refractivity contribution in [3.63, 3.8) is 0 Å². The summed E-state index contributed by atoms with van der Waals surface area (Å²) >= 11 is 0. The monoisotopic (exact) mass is 300 g/mol. The molecular weight excluding hydrogens is 284 g/mol. The van der Waals surface area contributed by atoms with Crippen molar-refractivity contribution in [1.82, 2.24) is 0 Å². The van der Waals surface area contributed by atoms with E-state index in [1.54, 1.807) is 31.2 Å². The summed E-state index contributed by atoms with van der Waals surface area (Å²) < 4.78 is 5.60. The van der Waals surface area contributed by atoms with E-state index in [-0.39, 0.29) is 41.0 Å². The van der Waals surface area contributed by atoms with Gasteiger partial charge in [0.15, 0.2) is 5.78 Å². The fourth-order valence-electron chi connectivity index (χ4n) is 2.68. The van der Waals surface area contributed by atoms with Gasteiger partial charge in [0.1, 0.15) is 28.6 Å². The number of phenolic OH excluding ortho intramolecular Hbond substituents is 3. The smallest absolute Gasteiger partial charge is 0.177 e. The van der Waals surface area contributed by atoms with Gasteiger partial charge in [-0.2, -0.15) is 0 Å².